The number of nitrogens with one attached hydrogen (secondary N) is 1. The first kappa shape index (κ1) is 12.3. The second-order valence-electron chi connectivity index (χ2n) is 3.42. The molecule has 0 atom stereocenters. The van der Waals surface area contributed by atoms with Gasteiger partial charge in [-0.05, 0) is 25.1 Å². The molecule has 5 nitrogen and oxygen atoms in total. The van der Waals surface area contributed by atoms with Crippen molar-refractivity contribution >= 4 is 29.0 Å². The lowest BCUT2D eigenvalue weighted by atomic mass is 10.4. The standard InChI is InChI=1S/C10H13N5S2/c1-3-4-11-9-12-5-7(2)8(14-9)17-10-15-13-6-16-10/h5-6H,3-4H2,1-2H3,(H,11,12,14). The number of aryl methyl sites for hydroxylation is 1. The number of anilines is 1. The summed E-state index contributed by atoms with van der Waals surface area (Å²) in [6.07, 6.45) is 2.88. The van der Waals surface area contributed by atoms with E-state index in [9.17, 15) is 0 Å². The molecule has 0 aromatic carbocycles. The van der Waals surface area contributed by atoms with Crippen LogP contribution in [0.1, 0.15) is 18.9 Å². The minimum Gasteiger partial charge on any atom is -0.354 e. The van der Waals surface area contributed by atoms with Gasteiger partial charge in [-0.25, -0.2) is 9.97 Å². The van der Waals surface area contributed by atoms with Crippen LogP contribution in [0.25, 0.3) is 0 Å². The lowest BCUT2D eigenvalue weighted by molar-refractivity contribution is 0.923. The first-order valence-corrected chi connectivity index (χ1v) is 7.00. The van der Waals surface area contributed by atoms with E-state index in [1.807, 2.05) is 13.1 Å². The summed E-state index contributed by atoms with van der Waals surface area (Å²) in [5.41, 5.74) is 2.77. The van der Waals surface area contributed by atoms with Gasteiger partial charge in [0.1, 0.15) is 10.5 Å². The Morgan fingerprint density at radius 3 is 3.06 bits per heavy atom. The first-order valence-electron chi connectivity index (χ1n) is 5.31. The summed E-state index contributed by atoms with van der Waals surface area (Å²) in [5.74, 6) is 0.671. The lowest BCUT2D eigenvalue weighted by Gasteiger charge is -2.06. The fourth-order valence-electron chi connectivity index (χ4n) is 1.14. The van der Waals surface area contributed by atoms with Crippen molar-refractivity contribution in [3.8, 4) is 0 Å². The summed E-state index contributed by atoms with van der Waals surface area (Å²) in [6.45, 7) is 4.98. The molecule has 0 bridgehead atoms. The Bertz CT molecular complexity index is 472. The van der Waals surface area contributed by atoms with E-state index in [4.69, 9.17) is 0 Å². The van der Waals surface area contributed by atoms with Crippen molar-refractivity contribution in [3.05, 3.63) is 17.3 Å². The van der Waals surface area contributed by atoms with E-state index in [0.29, 0.717) is 5.95 Å². The minimum absolute atomic E-state index is 0.671. The fraction of sp³-hybridized carbons (Fsp3) is 0.400. The quantitative estimate of drug-likeness (QED) is 0.840. The van der Waals surface area contributed by atoms with Crippen LogP contribution in [0, 0.1) is 6.92 Å². The summed E-state index contributed by atoms with van der Waals surface area (Å²) >= 11 is 3.03. The molecular formula is C10H13N5S2. The highest BCUT2D eigenvalue weighted by Gasteiger charge is 2.07. The van der Waals surface area contributed by atoms with Crippen LogP contribution in [-0.2, 0) is 0 Å². The molecule has 0 saturated heterocycles. The molecule has 0 amide bonds. The zero-order valence-corrected chi connectivity index (χ0v) is 11.3. The molecule has 2 heterocycles. The van der Waals surface area contributed by atoms with Crippen LogP contribution in [0.3, 0.4) is 0 Å². The van der Waals surface area contributed by atoms with Crippen LogP contribution >= 0.6 is 23.1 Å². The van der Waals surface area contributed by atoms with E-state index in [0.717, 1.165) is 27.9 Å². The summed E-state index contributed by atoms with van der Waals surface area (Å²) < 4.78 is 0.897. The number of hydrogen-bond donors (Lipinski definition) is 1. The molecule has 0 saturated carbocycles. The van der Waals surface area contributed by atoms with Gasteiger partial charge in [-0.1, -0.05) is 18.3 Å². The zero-order valence-electron chi connectivity index (χ0n) is 9.67. The van der Waals surface area contributed by atoms with Gasteiger partial charge in [-0.3, -0.25) is 0 Å². The maximum absolute atomic E-state index is 4.46. The van der Waals surface area contributed by atoms with Crippen LogP contribution in [0.4, 0.5) is 5.95 Å². The SMILES string of the molecule is CCCNc1ncc(C)c(Sc2nncs2)n1. The van der Waals surface area contributed by atoms with E-state index < -0.39 is 0 Å². The Hall–Kier alpha value is -1.21. The molecule has 2 aromatic heterocycles. The molecule has 0 radical (unpaired) electrons. The Kier molecular flexibility index (Phi) is 4.27. The number of hydrogen-bond acceptors (Lipinski definition) is 7. The minimum atomic E-state index is 0.671. The molecule has 0 aliphatic carbocycles. The topological polar surface area (TPSA) is 63.6 Å². The summed E-state index contributed by atoms with van der Waals surface area (Å²) in [6, 6.07) is 0. The third-order valence-corrected chi connectivity index (χ3v) is 3.87. The smallest absolute Gasteiger partial charge is 0.223 e. The normalized spacial score (nSPS) is 10.5. The maximum atomic E-state index is 4.46. The highest BCUT2D eigenvalue weighted by Crippen LogP contribution is 2.29. The largest absolute Gasteiger partial charge is 0.354 e. The number of aromatic nitrogens is 4. The van der Waals surface area contributed by atoms with Crippen molar-refractivity contribution < 1.29 is 0 Å². The Labute approximate surface area is 108 Å². The van der Waals surface area contributed by atoms with E-state index in [2.05, 4.69) is 32.4 Å². The molecule has 2 aromatic rings. The summed E-state index contributed by atoms with van der Waals surface area (Å²) in [7, 11) is 0. The van der Waals surface area contributed by atoms with Gasteiger partial charge in [0.05, 0.1) is 0 Å². The molecular weight excluding hydrogens is 254 g/mol. The summed E-state index contributed by atoms with van der Waals surface area (Å²) in [5, 5.41) is 11.9. The van der Waals surface area contributed by atoms with Gasteiger partial charge in [0.2, 0.25) is 5.95 Å². The van der Waals surface area contributed by atoms with Crippen molar-refractivity contribution in [2.75, 3.05) is 11.9 Å². The molecule has 17 heavy (non-hydrogen) atoms. The van der Waals surface area contributed by atoms with Crippen LogP contribution in [0.2, 0.25) is 0 Å². The Balaban J connectivity index is 2.14. The van der Waals surface area contributed by atoms with E-state index in [-0.39, 0.29) is 0 Å². The van der Waals surface area contributed by atoms with Crippen molar-refractivity contribution in [2.24, 2.45) is 0 Å². The highest BCUT2D eigenvalue weighted by molar-refractivity contribution is 8.01. The second kappa shape index (κ2) is 5.92. The molecule has 2 rings (SSSR count). The highest BCUT2D eigenvalue weighted by atomic mass is 32.2. The Morgan fingerprint density at radius 2 is 2.35 bits per heavy atom. The van der Waals surface area contributed by atoms with Crippen LogP contribution in [-0.4, -0.2) is 26.7 Å². The van der Waals surface area contributed by atoms with Gasteiger partial charge < -0.3 is 5.32 Å². The van der Waals surface area contributed by atoms with Gasteiger partial charge in [0.25, 0.3) is 0 Å². The van der Waals surface area contributed by atoms with Crippen LogP contribution in [0.15, 0.2) is 21.1 Å². The van der Waals surface area contributed by atoms with Gasteiger partial charge in [0.15, 0.2) is 4.34 Å². The van der Waals surface area contributed by atoms with E-state index in [1.54, 1.807) is 5.51 Å². The summed E-state index contributed by atoms with van der Waals surface area (Å²) in [4.78, 5) is 8.70. The number of nitrogens with zero attached hydrogens (tertiary/aromatic N) is 4. The van der Waals surface area contributed by atoms with Crippen molar-refractivity contribution in [2.45, 2.75) is 29.6 Å². The lowest BCUT2D eigenvalue weighted by Crippen LogP contribution is -2.05. The third kappa shape index (κ3) is 3.37. The zero-order chi connectivity index (χ0) is 12.1. The fourth-order valence-corrected chi connectivity index (χ4v) is 2.58. The van der Waals surface area contributed by atoms with Crippen molar-refractivity contribution in [3.63, 3.8) is 0 Å². The molecule has 0 aliphatic rings. The molecule has 0 aliphatic heterocycles. The first-order chi connectivity index (χ1) is 8.29. The van der Waals surface area contributed by atoms with Crippen LogP contribution in [0.5, 0.6) is 0 Å². The average Bonchev–Trinajstić information content (AvgIpc) is 2.83. The predicted molar refractivity (Wildman–Crippen MR) is 69.6 cm³/mol. The maximum Gasteiger partial charge on any atom is 0.223 e. The van der Waals surface area contributed by atoms with Crippen LogP contribution < -0.4 is 5.32 Å². The van der Waals surface area contributed by atoms with Gasteiger partial charge in [-0.15, -0.1) is 10.2 Å². The van der Waals surface area contributed by atoms with Crippen molar-refractivity contribution in [1.82, 2.24) is 20.2 Å². The Morgan fingerprint density at radius 1 is 1.47 bits per heavy atom. The third-order valence-electron chi connectivity index (χ3n) is 1.98. The number of rotatable bonds is 5. The predicted octanol–water partition coefficient (Wildman–Crippen LogP) is 2.61. The molecule has 7 heteroatoms. The van der Waals surface area contributed by atoms with E-state index in [1.165, 1.54) is 23.1 Å². The van der Waals surface area contributed by atoms with Gasteiger partial charge >= 0.3 is 0 Å². The second-order valence-corrected chi connectivity index (χ2v) is 5.48. The molecule has 0 unspecified atom stereocenters. The average molecular weight is 267 g/mol. The van der Waals surface area contributed by atoms with E-state index >= 15 is 0 Å². The monoisotopic (exact) mass is 267 g/mol. The molecule has 0 spiro atoms. The molecule has 90 valence electrons. The van der Waals surface area contributed by atoms with Gasteiger partial charge in [0, 0.05) is 18.3 Å². The van der Waals surface area contributed by atoms with Crippen molar-refractivity contribution in [1.29, 1.82) is 0 Å². The van der Waals surface area contributed by atoms with Gasteiger partial charge in [-0.2, -0.15) is 0 Å². The molecule has 1 N–H and O–H groups in total. The molecule has 0 fully saturated rings.